The first-order chi connectivity index (χ1) is 9.25. The molecule has 0 aliphatic rings. The highest BCUT2D eigenvalue weighted by atomic mass is 16.4. The number of aliphatic carboxylic acids is 1. The molecule has 0 saturated heterocycles. The Balaban J connectivity index is 3.32. The van der Waals surface area contributed by atoms with Crippen LogP contribution in [0.1, 0.15) is 54.5 Å². The van der Waals surface area contributed by atoms with Gasteiger partial charge in [-0.05, 0) is 73.4 Å². The van der Waals surface area contributed by atoms with Crippen molar-refractivity contribution in [1.82, 2.24) is 0 Å². The van der Waals surface area contributed by atoms with E-state index in [-0.39, 0.29) is 6.42 Å². The van der Waals surface area contributed by atoms with Gasteiger partial charge in [0.25, 0.3) is 0 Å². The Morgan fingerprint density at radius 3 is 2.05 bits per heavy atom. The number of hydrogen-bond donors (Lipinski definition) is 1. The molecule has 0 aliphatic carbocycles. The third kappa shape index (κ3) is 3.72. The maximum atomic E-state index is 10.7. The number of carboxylic acid groups (broad SMARTS) is 1. The Kier molecular flexibility index (Phi) is 5.55. The summed E-state index contributed by atoms with van der Waals surface area (Å²) >= 11 is 0. The number of benzene rings is 1. The Bertz CT molecular complexity index is 511. The van der Waals surface area contributed by atoms with Gasteiger partial charge in [-0.3, -0.25) is 4.79 Å². The summed E-state index contributed by atoms with van der Waals surface area (Å²) in [7, 11) is 0. The van der Waals surface area contributed by atoms with Gasteiger partial charge in [-0.25, -0.2) is 0 Å². The zero-order valence-corrected chi connectivity index (χ0v) is 13.5. The highest BCUT2D eigenvalue weighted by Gasteiger charge is 2.15. The lowest BCUT2D eigenvalue weighted by Crippen LogP contribution is -2.04. The summed E-state index contributed by atoms with van der Waals surface area (Å²) in [6.07, 6.45) is 2.89. The molecule has 0 amide bonds. The minimum Gasteiger partial charge on any atom is -0.481 e. The molecule has 1 aromatic rings. The van der Waals surface area contributed by atoms with Crippen molar-refractivity contribution in [3.63, 3.8) is 0 Å². The maximum Gasteiger partial charge on any atom is 0.303 e. The number of carboxylic acids is 1. The van der Waals surface area contributed by atoms with Gasteiger partial charge >= 0.3 is 5.97 Å². The van der Waals surface area contributed by atoms with E-state index in [4.69, 9.17) is 5.11 Å². The molecular formula is C18H26O2. The Hall–Kier alpha value is -1.57. The molecule has 1 rings (SSSR count). The van der Waals surface area contributed by atoms with Crippen molar-refractivity contribution in [2.24, 2.45) is 5.92 Å². The van der Waals surface area contributed by atoms with Crippen LogP contribution in [0.5, 0.6) is 0 Å². The first-order valence-corrected chi connectivity index (χ1v) is 7.25. The van der Waals surface area contributed by atoms with E-state index >= 15 is 0 Å². The Morgan fingerprint density at radius 2 is 1.65 bits per heavy atom. The molecule has 0 unspecified atom stereocenters. The van der Waals surface area contributed by atoms with Gasteiger partial charge in [0.2, 0.25) is 0 Å². The van der Waals surface area contributed by atoms with Crippen molar-refractivity contribution in [3.8, 4) is 0 Å². The van der Waals surface area contributed by atoms with Crippen molar-refractivity contribution in [2.45, 2.75) is 54.4 Å². The van der Waals surface area contributed by atoms with Gasteiger partial charge in [0.1, 0.15) is 0 Å². The second kappa shape index (κ2) is 6.74. The lowest BCUT2D eigenvalue weighted by atomic mass is 9.84. The number of carbonyl (C=O) groups is 1. The molecule has 0 fully saturated rings. The fourth-order valence-corrected chi connectivity index (χ4v) is 2.63. The van der Waals surface area contributed by atoms with Crippen LogP contribution < -0.4 is 0 Å². The average Bonchev–Trinajstić information content (AvgIpc) is 2.34. The standard InChI is InChI=1S/C18H26O2/c1-11(2)16(8-7-9-17(19)20)18-14(5)12(3)10-13(4)15(18)6/h8,10-11H,7,9H2,1-6H3,(H,19,20)/b16-8+. The smallest absolute Gasteiger partial charge is 0.303 e. The van der Waals surface area contributed by atoms with E-state index in [9.17, 15) is 4.79 Å². The molecule has 2 heteroatoms. The van der Waals surface area contributed by atoms with Crippen LogP contribution in [0.4, 0.5) is 0 Å². The second-order valence-corrected chi connectivity index (χ2v) is 5.88. The van der Waals surface area contributed by atoms with Crippen LogP contribution in [0.2, 0.25) is 0 Å². The zero-order valence-electron chi connectivity index (χ0n) is 13.5. The number of rotatable bonds is 5. The molecule has 1 aromatic carbocycles. The lowest BCUT2D eigenvalue weighted by molar-refractivity contribution is -0.136. The van der Waals surface area contributed by atoms with Gasteiger partial charge in [0.05, 0.1) is 0 Å². The van der Waals surface area contributed by atoms with Gasteiger partial charge in [0, 0.05) is 6.42 Å². The normalized spacial score (nSPS) is 12.1. The molecule has 0 heterocycles. The van der Waals surface area contributed by atoms with Crippen molar-refractivity contribution in [2.75, 3.05) is 0 Å². The van der Waals surface area contributed by atoms with Crippen LogP contribution in [-0.2, 0) is 4.79 Å². The molecule has 0 aromatic heterocycles. The van der Waals surface area contributed by atoms with Crippen LogP contribution in [0.15, 0.2) is 12.1 Å². The summed E-state index contributed by atoms with van der Waals surface area (Å²) in [6, 6.07) is 2.23. The van der Waals surface area contributed by atoms with Gasteiger partial charge in [-0.15, -0.1) is 0 Å². The van der Waals surface area contributed by atoms with Crippen LogP contribution in [0, 0.1) is 33.6 Å². The molecule has 0 saturated carbocycles. The van der Waals surface area contributed by atoms with Crippen LogP contribution in [0.25, 0.3) is 5.57 Å². The topological polar surface area (TPSA) is 37.3 Å². The summed E-state index contributed by atoms with van der Waals surface area (Å²) in [6.45, 7) is 12.9. The Morgan fingerprint density at radius 1 is 1.15 bits per heavy atom. The molecule has 0 bridgehead atoms. The van der Waals surface area contributed by atoms with Crippen molar-refractivity contribution >= 4 is 11.5 Å². The number of allylic oxidation sites excluding steroid dienone is 2. The highest BCUT2D eigenvalue weighted by molar-refractivity contribution is 5.74. The minimum atomic E-state index is -0.738. The maximum absolute atomic E-state index is 10.7. The first kappa shape index (κ1) is 16.5. The molecule has 1 N–H and O–H groups in total. The monoisotopic (exact) mass is 274 g/mol. The van der Waals surface area contributed by atoms with Crippen LogP contribution >= 0.6 is 0 Å². The first-order valence-electron chi connectivity index (χ1n) is 7.25. The molecule has 110 valence electrons. The minimum absolute atomic E-state index is 0.194. The molecule has 0 aliphatic heterocycles. The second-order valence-electron chi connectivity index (χ2n) is 5.88. The molecule has 0 radical (unpaired) electrons. The summed E-state index contributed by atoms with van der Waals surface area (Å²) in [4.78, 5) is 10.7. The fraction of sp³-hybridized carbons (Fsp3) is 0.500. The predicted molar refractivity (Wildman–Crippen MR) is 85.1 cm³/mol. The summed E-state index contributed by atoms with van der Waals surface area (Å²) < 4.78 is 0. The number of hydrogen-bond acceptors (Lipinski definition) is 1. The largest absolute Gasteiger partial charge is 0.481 e. The molecular weight excluding hydrogens is 248 g/mol. The molecule has 20 heavy (non-hydrogen) atoms. The van der Waals surface area contributed by atoms with Crippen molar-refractivity contribution < 1.29 is 9.90 Å². The summed E-state index contributed by atoms with van der Waals surface area (Å²) in [5.41, 5.74) is 7.79. The van der Waals surface area contributed by atoms with E-state index in [0.717, 1.165) is 0 Å². The summed E-state index contributed by atoms with van der Waals surface area (Å²) in [5, 5.41) is 8.80. The average molecular weight is 274 g/mol. The SMILES string of the molecule is Cc1cc(C)c(C)c(/C(=C/CCC(=O)O)C(C)C)c1C. The van der Waals surface area contributed by atoms with E-state index in [1.165, 1.54) is 33.4 Å². The van der Waals surface area contributed by atoms with Crippen LogP contribution in [-0.4, -0.2) is 11.1 Å². The van der Waals surface area contributed by atoms with Gasteiger partial charge in [-0.1, -0.05) is 26.0 Å². The zero-order chi connectivity index (χ0) is 15.4. The van der Waals surface area contributed by atoms with Crippen molar-refractivity contribution in [1.29, 1.82) is 0 Å². The van der Waals surface area contributed by atoms with E-state index in [2.05, 4.69) is 53.7 Å². The van der Waals surface area contributed by atoms with Gasteiger partial charge in [-0.2, -0.15) is 0 Å². The van der Waals surface area contributed by atoms with E-state index in [0.29, 0.717) is 12.3 Å². The lowest BCUT2D eigenvalue weighted by Gasteiger charge is -2.21. The highest BCUT2D eigenvalue weighted by Crippen LogP contribution is 2.32. The van der Waals surface area contributed by atoms with E-state index in [1.807, 2.05) is 0 Å². The fourth-order valence-electron chi connectivity index (χ4n) is 2.63. The molecule has 2 nitrogen and oxygen atoms in total. The quantitative estimate of drug-likeness (QED) is 0.835. The summed E-state index contributed by atoms with van der Waals surface area (Å²) in [5.74, 6) is -0.347. The van der Waals surface area contributed by atoms with Crippen molar-refractivity contribution in [3.05, 3.63) is 40.0 Å². The third-order valence-corrected chi connectivity index (χ3v) is 4.00. The molecule has 0 spiro atoms. The van der Waals surface area contributed by atoms with E-state index < -0.39 is 5.97 Å². The number of aryl methyl sites for hydroxylation is 2. The predicted octanol–water partition coefficient (Wildman–Crippen LogP) is 4.82. The van der Waals surface area contributed by atoms with Gasteiger partial charge in [0.15, 0.2) is 0 Å². The molecule has 0 atom stereocenters. The third-order valence-electron chi connectivity index (χ3n) is 4.00. The van der Waals surface area contributed by atoms with E-state index in [1.54, 1.807) is 0 Å². The van der Waals surface area contributed by atoms with Gasteiger partial charge < -0.3 is 5.11 Å². The Labute approximate surface area is 122 Å². The van der Waals surface area contributed by atoms with Crippen LogP contribution in [0.3, 0.4) is 0 Å².